The number of nitrogens with two attached hydrogens (primary N) is 1. The highest BCUT2D eigenvalue weighted by atomic mass is 35.5. The molecule has 0 aliphatic carbocycles. The quantitative estimate of drug-likeness (QED) is 0.810. The number of halogens is 2. The van der Waals surface area contributed by atoms with Crippen LogP contribution in [0.2, 0.25) is 5.02 Å². The molecule has 0 radical (unpaired) electrons. The second-order valence-electron chi connectivity index (χ2n) is 5.30. The maximum absolute atomic E-state index is 13.7. The second-order valence-corrected chi connectivity index (χ2v) is 7.27. The van der Waals surface area contributed by atoms with Gasteiger partial charge in [0.2, 0.25) is 10.0 Å². The van der Waals surface area contributed by atoms with Crippen LogP contribution in [-0.2, 0) is 16.6 Å². The molecule has 0 amide bonds. The molecule has 2 rings (SSSR count). The summed E-state index contributed by atoms with van der Waals surface area (Å²) in [6.45, 7) is 1.26. The number of benzene rings is 2. The summed E-state index contributed by atoms with van der Waals surface area (Å²) in [4.78, 5) is 1.91. The van der Waals surface area contributed by atoms with Crippen LogP contribution in [0.4, 0.5) is 4.39 Å². The van der Waals surface area contributed by atoms with E-state index in [1.165, 1.54) is 30.3 Å². The average molecular weight is 373 g/mol. The van der Waals surface area contributed by atoms with Crippen molar-refractivity contribution in [1.82, 2.24) is 4.90 Å². The van der Waals surface area contributed by atoms with Gasteiger partial charge in [-0.15, -0.1) is 0 Å². The van der Waals surface area contributed by atoms with Gasteiger partial charge in [-0.25, -0.2) is 17.9 Å². The first-order valence-corrected chi connectivity index (χ1v) is 9.07. The Kier molecular flexibility index (Phi) is 6.17. The molecule has 0 saturated carbocycles. The zero-order chi connectivity index (χ0) is 17.7. The van der Waals surface area contributed by atoms with E-state index in [9.17, 15) is 12.8 Å². The Morgan fingerprint density at radius 1 is 1.21 bits per heavy atom. The van der Waals surface area contributed by atoms with Crippen molar-refractivity contribution in [2.45, 2.75) is 11.4 Å². The number of hydrogen-bond donors (Lipinski definition) is 1. The zero-order valence-electron chi connectivity index (χ0n) is 13.1. The molecule has 2 N–H and O–H groups in total. The summed E-state index contributed by atoms with van der Waals surface area (Å²) >= 11 is 6.00. The monoisotopic (exact) mass is 372 g/mol. The molecule has 130 valence electrons. The first-order valence-electron chi connectivity index (χ1n) is 7.14. The van der Waals surface area contributed by atoms with Gasteiger partial charge in [-0.05, 0) is 43.4 Å². The lowest BCUT2D eigenvalue weighted by Crippen LogP contribution is -2.24. The van der Waals surface area contributed by atoms with Crippen molar-refractivity contribution >= 4 is 21.6 Å². The van der Waals surface area contributed by atoms with E-state index in [1.54, 1.807) is 12.1 Å². The predicted octanol–water partition coefficient (Wildman–Crippen LogP) is 2.64. The maximum Gasteiger partial charge on any atom is 0.238 e. The largest absolute Gasteiger partial charge is 0.492 e. The Labute approximate surface area is 145 Å². The highest BCUT2D eigenvalue weighted by molar-refractivity contribution is 7.89. The Morgan fingerprint density at radius 2 is 1.88 bits per heavy atom. The molecule has 5 nitrogen and oxygen atoms in total. The van der Waals surface area contributed by atoms with Gasteiger partial charge in [-0.1, -0.05) is 17.7 Å². The summed E-state index contributed by atoms with van der Waals surface area (Å²) in [5.74, 6) is 0.188. The first-order chi connectivity index (χ1) is 11.3. The second kappa shape index (κ2) is 7.94. The minimum atomic E-state index is -3.71. The number of hydrogen-bond acceptors (Lipinski definition) is 4. The number of ether oxygens (including phenoxy) is 1. The van der Waals surface area contributed by atoms with E-state index >= 15 is 0 Å². The summed E-state index contributed by atoms with van der Waals surface area (Å²) < 4.78 is 41.6. The van der Waals surface area contributed by atoms with Gasteiger partial charge >= 0.3 is 0 Å². The van der Waals surface area contributed by atoms with Crippen molar-refractivity contribution in [2.75, 3.05) is 20.2 Å². The third-order valence-electron chi connectivity index (χ3n) is 3.38. The van der Waals surface area contributed by atoms with E-state index in [0.717, 1.165) is 0 Å². The van der Waals surface area contributed by atoms with Crippen LogP contribution in [0.25, 0.3) is 0 Å². The van der Waals surface area contributed by atoms with Gasteiger partial charge in [0.1, 0.15) is 18.2 Å². The minimum absolute atomic E-state index is 0.0289. The van der Waals surface area contributed by atoms with Crippen LogP contribution in [0.3, 0.4) is 0 Å². The predicted molar refractivity (Wildman–Crippen MR) is 91.1 cm³/mol. The molecule has 0 fully saturated rings. The fourth-order valence-corrected chi connectivity index (χ4v) is 2.82. The molecule has 8 heteroatoms. The highest BCUT2D eigenvalue weighted by Gasteiger charge is 2.10. The minimum Gasteiger partial charge on any atom is -0.492 e. The van der Waals surface area contributed by atoms with Crippen molar-refractivity contribution in [3.05, 3.63) is 58.9 Å². The standard InChI is InChI=1S/C16H18ClFN2O3S/c1-20(11-14-15(17)3-2-4-16(14)18)9-10-23-12-5-7-13(8-6-12)24(19,21)22/h2-8H,9-11H2,1H3,(H2,19,21,22). The summed E-state index contributed by atoms with van der Waals surface area (Å²) in [6, 6.07) is 10.4. The van der Waals surface area contributed by atoms with Crippen LogP contribution in [0.1, 0.15) is 5.56 Å². The first kappa shape index (κ1) is 18.7. The zero-order valence-corrected chi connectivity index (χ0v) is 14.6. The Hall–Kier alpha value is -1.67. The molecule has 0 atom stereocenters. The number of primary sulfonamides is 1. The molecular weight excluding hydrogens is 355 g/mol. The fraction of sp³-hybridized carbons (Fsp3) is 0.250. The molecule has 0 heterocycles. The molecular formula is C16H18ClFN2O3S. The van der Waals surface area contributed by atoms with Crippen molar-refractivity contribution in [2.24, 2.45) is 5.14 Å². The van der Waals surface area contributed by atoms with Crippen LogP contribution in [0, 0.1) is 5.82 Å². The van der Waals surface area contributed by atoms with E-state index < -0.39 is 10.0 Å². The Morgan fingerprint density at radius 3 is 2.46 bits per heavy atom. The topological polar surface area (TPSA) is 72.6 Å². The normalized spacial score (nSPS) is 11.7. The summed E-state index contributed by atoms with van der Waals surface area (Å²) in [7, 11) is -1.88. The molecule has 0 aromatic heterocycles. The lowest BCUT2D eigenvalue weighted by molar-refractivity contribution is 0.231. The lowest BCUT2D eigenvalue weighted by atomic mass is 10.2. The number of likely N-dealkylation sites (N-methyl/N-ethyl adjacent to an activating group) is 1. The third kappa shape index (κ3) is 5.17. The average Bonchev–Trinajstić information content (AvgIpc) is 2.51. The van der Waals surface area contributed by atoms with Crippen molar-refractivity contribution in [3.63, 3.8) is 0 Å². The Bertz CT molecular complexity index is 777. The van der Waals surface area contributed by atoms with Crippen LogP contribution >= 0.6 is 11.6 Å². The van der Waals surface area contributed by atoms with Gasteiger partial charge in [0.25, 0.3) is 0 Å². The molecule has 0 saturated heterocycles. The van der Waals surface area contributed by atoms with Gasteiger partial charge in [-0.3, -0.25) is 4.90 Å². The van der Waals surface area contributed by atoms with Gasteiger partial charge in [0.05, 0.1) is 4.90 Å². The van der Waals surface area contributed by atoms with Crippen LogP contribution in [0.5, 0.6) is 5.75 Å². The highest BCUT2D eigenvalue weighted by Crippen LogP contribution is 2.20. The molecule has 2 aromatic rings. The Balaban J connectivity index is 1.85. The van der Waals surface area contributed by atoms with Gasteiger partial charge < -0.3 is 4.74 Å². The van der Waals surface area contributed by atoms with Crippen LogP contribution in [0.15, 0.2) is 47.4 Å². The van der Waals surface area contributed by atoms with Crippen LogP contribution in [-0.4, -0.2) is 33.5 Å². The molecule has 0 unspecified atom stereocenters. The lowest BCUT2D eigenvalue weighted by Gasteiger charge is -2.18. The molecule has 2 aromatic carbocycles. The van der Waals surface area contributed by atoms with Gasteiger partial charge in [-0.2, -0.15) is 0 Å². The van der Waals surface area contributed by atoms with Crippen molar-refractivity contribution in [3.8, 4) is 5.75 Å². The number of sulfonamides is 1. The maximum atomic E-state index is 13.7. The fourth-order valence-electron chi connectivity index (χ4n) is 2.08. The molecule has 0 aliphatic heterocycles. The van der Waals surface area contributed by atoms with E-state index in [1.807, 2.05) is 11.9 Å². The smallest absolute Gasteiger partial charge is 0.238 e. The van der Waals surface area contributed by atoms with Crippen molar-refractivity contribution in [1.29, 1.82) is 0 Å². The molecule has 0 aliphatic rings. The van der Waals surface area contributed by atoms with E-state index in [-0.39, 0.29) is 10.7 Å². The molecule has 0 bridgehead atoms. The van der Waals surface area contributed by atoms with E-state index in [2.05, 4.69) is 0 Å². The van der Waals surface area contributed by atoms with Crippen LogP contribution < -0.4 is 9.88 Å². The third-order valence-corrected chi connectivity index (χ3v) is 4.67. The van der Waals surface area contributed by atoms with Crippen molar-refractivity contribution < 1.29 is 17.5 Å². The molecule has 0 spiro atoms. The number of nitrogens with zero attached hydrogens (tertiary/aromatic N) is 1. The van der Waals surface area contributed by atoms with Gasteiger partial charge in [0.15, 0.2) is 0 Å². The summed E-state index contributed by atoms with van der Waals surface area (Å²) in [6.07, 6.45) is 0. The van der Waals surface area contributed by atoms with Gasteiger partial charge in [0, 0.05) is 23.7 Å². The van der Waals surface area contributed by atoms with E-state index in [4.69, 9.17) is 21.5 Å². The number of rotatable bonds is 7. The summed E-state index contributed by atoms with van der Waals surface area (Å²) in [5, 5.41) is 5.42. The molecule has 24 heavy (non-hydrogen) atoms. The summed E-state index contributed by atoms with van der Waals surface area (Å²) in [5.41, 5.74) is 0.444. The van der Waals surface area contributed by atoms with E-state index in [0.29, 0.717) is 36.0 Å². The SMILES string of the molecule is CN(CCOc1ccc(S(N)(=O)=O)cc1)Cc1c(F)cccc1Cl.